The van der Waals surface area contributed by atoms with Crippen molar-refractivity contribution in [3.05, 3.63) is 22.4 Å². The lowest BCUT2D eigenvalue weighted by Crippen LogP contribution is -2.50. The lowest BCUT2D eigenvalue weighted by Gasteiger charge is -2.38. The number of nitrogens with zero attached hydrogens (tertiary/aromatic N) is 1. The van der Waals surface area contributed by atoms with Crippen molar-refractivity contribution in [3.8, 4) is 0 Å². The van der Waals surface area contributed by atoms with E-state index in [1.807, 2.05) is 22.4 Å². The maximum absolute atomic E-state index is 12.4. The number of nitrogens with one attached hydrogen (secondary N) is 1. The van der Waals surface area contributed by atoms with Crippen LogP contribution < -0.4 is 5.32 Å². The van der Waals surface area contributed by atoms with Crippen molar-refractivity contribution >= 4 is 23.3 Å². The molecular formula is C15H20N2O3S. The molecule has 5 nitrogen and oxygen atoms in total. The molecule has 2 amide bonds. The van der Waals surface area contributed by atoms with Gasteiger partial charge in [-0.2, -0.15) is 0 Å². The zero-order valence-electron chi connectivity index (χ0n) is 11.8. The van der Waals surface area contributed by atoms with Crippen LogP contribution in [0.5, 0.6) is 0 Å². The van der Waals surface area contributed by atoms with Gasteiger partial charge in [-0.1, -0.05) is 6.07 Å². The molecular weight excluding hydrogens is 288 g/mol. The van der Waals surface area contributed by atoms with E-state index in [-0.39, 0.29) is 30.5 Å². The summed E-state index contributed by atoms with van der Waals surface area (Å²) in [5.41, 5.74) is 0. The van der Waals surface area contributed by atoms with Gasteiger partial charge in [0.25, 0.3) is 0 Å². The highest BCUT2D eigenvalue weighted by Crippen LogP contribution is 2.39. The van der Waals surface area contributed by atoms with Crippen molar-refractivity contribution in [1.29, 1.82) is 0 Å². The average Bonchev–Trinajstić information content (AvgIpc) is 3.02. The fourth-order valence-electron chi connectivity index (χ4n) is 3.70. The Kier molecular flexibility index (Phi) is 4.14. The summed E-state index contributed by atoms with van der Waals surface area (Å²) in [4.78, 5) is 26.4. The van der Waals surface area contributed by atoms with Gasteiger partial charge in [-0.05, 0) is 43.0 Å². The summed E-state index contributed by atoms with van der Waals surface area (Å²) >= 11 is 1.64. The number of carbonyl (C=O) groups excluding carboxylic acids is 1. The summed E-state index contributed by atoms with van der Waals surface area (Å²) in [7, 11) is 0. The molecule has 3 rings (SSSR count). The minimum Gasteiger partial charge on any atom is -0.481 e. The molecule has 2 fully saturated rings. The summed E-state index contributed by atoms with van der Waals surface area (Å²) in [6.07, 6.45) is 3.91. The summed E-state index contributed by atoms with van der Waals surface area (Å²) in [6, 6.07) is 4.43. The Labute approximate surface area is 128 Å². The normalized spacial score (nSPS) is 27.6. The van der Waals surface area contributed by atoms with Crippen LogP contribution in [0.25, 0.3) is 0 Å². The number of hydrogen-bond acceptors (Lipinski definition) is 3. The molecule has 2 unspecified atom stereocenters. The number of rotatable bonds is 4. The van der Waals surface area contributed by atoms with E-state index in [9.17, 15) is 9.59 Å². The third-order valence-corrected chi connectivity index (χ3v) is 5.40. The van der Waals surface area contributed by atoms with Crippen molar-refractivity contribution in [2.24, 2.45) is 5.92 Å². The lowest BCUT2D eigenvalue weighted by atomic mass is 9.88. The van der Waals surface area contributed by atoms with Gasteiger partial charge in [0.15, 0.2) is 0 Å². The second-order valence-corrected chi connectivity index (χ2v) is 7.00. The Morgan fingerprint density at radius 3 is 2.62 bits per heavy atom. The Balaban J connectivity index is 1.57. The number of fused-ring (bicyclic) bond motifs is 2. The van der Waals surface area contributed by atoms with Gasteiger partial charge in [0, 0.05) is 23.4 Å². The molecule has 3 heterocycles. The van der Waals surface area contributed by atoms with Crippen LogP contribution in [-0.4, -0.2) is 34.1 Å². The summed E-state index contributed by atoms with van der Waals surface area (Å²) in [6.45, 7) is 0.574. The second kappa shape index (κ2) is 6.05. The molecule has 0 spiro atoms. The first kappa shape index (κ1) is 14.4. The van der Waals surface area contributed by atoms with E-state index in [0.29, 0.717) is 6.54 Å². The number of amides is 2. The summed E-state index contributed by atoms with van der Waals surface area (Å²) in [5.74, 6) is -0.503. The van der Waals surface area contributed by atoms with Crippen LogP contribution in [0.2, 0.25) is 0 Å². The predicted molar refractivity (Wildman–Crippen MR) is 80.2 cm³/mol. The van der Waals surface area contributed by atoms with Gasteiger partial charge in [0.2, 0.25) is 0 Å². The molecule has 114 valence electrons. The number of carbonyl (C=O) groups is 2. The topological polar surface area (TPSA) is 69.6 Å². The molecule has 0 aliphatic carbocycles. The Morgan fingerprint density at radius 2 is 2.05 bits per heavy atom. The molecule has 2 aliphatic rings. The molecule has 1 aromatic heterocycles. The van der Waals surface area contributed by atoms with Crippen molar-refractivity contribution in [2.75, 3.05) is 0 Å². The van der Waals surface area contributed by atoms with Crippen LogP contribution in [0.3, 0.4) is 0 Å². The molecule has 6 heteroatoms. The number of piperidine rings is 1. The Bertz CT molecular complexity index is 503. The van der Waals surface area contributed by atoms with Gasteiger partial charge >= 0.3 is 12.0 Å². The van der Waals surface area contributed by atoms with E-state index >= 15 is 0 Å². The largest absolute Gasteiger partial charge is 0.481 e. The van der Waals surface area contributed by atoms with Crippen LogP contribution >= 0.6 is 11.3 Å². The van der Waals surface area contributed by atoms with Crippen molar-refractivity contribution in [2.45, 2.75) is 50.7 Å². The quantitative estimate of drug-likeness (QED) is 0.898. The third-order valence-electron chi connectivity index (χ3n) is 4.52. The van der Waals surface area contributed by atoms with Crippen LogP contribution in [0.4, 0.5) is 4.79 Å². The predicted octanol–water partition coefficient (Wildman–Crippen LogP) is 2.68. The first-order valence-corrected chi connectivity index (χ1v) is 8.32. The number of hydrogen-bond donors (Lipinski definition) is 2. The van der Waals surface area contributed by atoms with E-state index in [1.54, 1.807) is 11.3 Å². The minimum atomic E-state index is -0.727. The maximum Gasteiger partial charge on any atom is 0.318 e. The van der Waals surface area contributed by atoms with Gasteiger partial charge < -0.3 is 15.3 Å². The molecule has 2 atom stereocenters. The molecule has 2 N–H and O–H groups in total. The third kappa shape index (κ3) is 3.20. The molecule has 2 saturated heterocycles. The SMILES string of the molecule is O=C(O)CC1CC2CCC(C1)N2C(=O)NCc1cccs1. The highest BCUT2D eigenvalue weighted by molar-refractivity contribution is 7.09. The molecule has 2 aliphatic heterocycles. The fraction of sp³-hybridized carbons (Fsp3) is 0.600. The minimum absolute atomic E-state index is 0.00433. The highest BCUT2D eigenvalue weighted by atomic mass is 32.1. The van der Waals surface area contributed by atoms with E-state index < -0.39 is 5.97 Å². The highest BCUT2D eigenvalue weighted by Gasteiger charge is 2.43. The van der Waals surface area contributed by atoms with E-state index in [4.69, 9.17) is 5.11 Å². The molecule has 0 radical (unpaired) electrons. The van der Waals surface area contributed by atoms with Crippen molar-refractivity contribution < 1.29 is 14.7 Å². The zero-order chi connectivity index (χ0) is 14.8. The number of carboxylic acids is 1. The number of carboxylic acid groups (broad SMARTS) is 1. The van der Waals surface area contributed by atoms with Gasteiger partial charge in [-0.25, -0.2) is 4.79 Å². The van der Waals surface area contributed by atoms with Crippen LogP contribution in [0.15, 0.2) is 17.5 Å². The maximum atomic E-state index is 12.4. The van der Waals surface area contributed by atoms with E-state index in [2.05, 4.69) is 5.32 Å². The summed E-state index contributed by atoms with van der Waals surface area (Å²) in [5, 5.41) is 13.9. The summed E-state index contributed by atoms with van der Waals surface area (Å²) < 4.78 is 0. The molecule has 21 heavy (non-hydrogen) atoms. The van der Waals surface area contributed by atoms with Gasteiger partial charge in [0.1, 0.15) is 0 Å². The van der Waals surface area contributed by atoms with Crippen LogP contribution in [-0.2, 0) is 11.3 Å². The first-order valence-electron chi connectivity index (χ1n) is 7.44. The standard InChI is InChI=1S/C15H20N2O3S/c18-14(19)8-10-6-11-3-4-12(7-10)17(11)15(20)16-9-13-2-1-5-21-13/h1-2,5,10-12H,3-4,6-9H2,(H,16,20)(H,18,19). The molecule has 2 bridgehead atoms. The van der Waals surface area contributed by atoms with Crippen molar-refractivity contribution in [1.82, 2.24) is 10.2 Å². The zero-order valence-corrected chi connectivity index (χ0v) is 12.6. The van der Waals surface area contributed by atoms with Crippen molar-refractivity contribution in [3.63, 3.8) is 0 Å². The molecule has 0 aromatic carbocycles. The fourth-order valence-corrected chi connectivity index (χ4v) is 4.35. The average molecular weight is 308 g/mol. The smallest absolute Gasteiger partial charge is 0.318 e. The number of thiophene rings is 1. The van der Waals surface area contributed by atoms with E-state index in [0.717, 1.165) is 30.6 Å². The van der Waals surface area contributed by atoms with Gasteiger partial charge in [0.05, 0.1) is 6.54 Å². The first-order chi connectivity index (χ1) is 10.1. The lowest BCUT2D eigenvalue weighted by molar-refractivity contribution is -0.138. The monoisotopic (exact) mass is 308 g/mol. The Hall–Kier alpha value is -1.56. The van der Waals surface area contributed by atoms with Crippen LogP contribution in [0.1, 0.15) is 37.0 Å². The van der Waals surface area contributed by atoms with E-state index in [1.165, 1.54) is 0 Å². The second-order valence-electron chi connectivity index (χ2n) is 5.97. The van der Waals surface area contributed by atoms with Gasteiger partial charge in [-0.15, -0.1) is 11.3 Å². The van der Waals surface area contributed by atoms with Gasteiger partial charge in [-0.3, -0.25) is 4.79 Å². The Morgan fingerprint density at radius 1 is 1.33 bits per heavy atom. The molecule has 0 saturated carbocycles. The van der Waals surface area contributed by atoms with Crippen LogP contribution in [0, 0.1) is 5.92 Å². The number of urea groups is 1. The molecule has 1 aromatic rings. The number of aliphatic carboxylic acids is 1.